The van der Waals surface area contributed by atoms with Crippen molar-refractivity contribution in [2.45, 2.75) is 0 Å². The highest BCUT2D eigenvalue weighted by atomic mass is 14.2. The summed E-state index contributed by atoms with van der Waals surface area (Å²) in [5.41, 5.74) is 5.06. The predicted molar refractivity (Wildman–Crippen MR) is 156 cm³/mol. The Labute approximate surface area is 209 Å². The third kappa shape index (κ3) is 2.64. The van der Waals surface area contributed by atoms with Crippen LogP contribution in [-0.4, -0.2) is 0 Å². The van der Waals surface area contributed by atoms with Crippen LogP contribution >= 0.6 is 0 Å². The number of rotatable bonds is 2. The first kappa shape index (κ1) is 19.6. The van der Waals surface area contributed by atoms with Gasteiger partial charge in [-0.15, -0.1) is 0 Å². The van der Waals surface area contributed by atoms with E-state index in [1.807, 2.05) is 0 Å². The Balaban J connectivity index is 1.54. The van der Waals surface area contributed by atoms with Crippen LogP contribution in [0.2, 0.25) is 0 Å². The van der Waals surface area contributed by atoms with Crippen molar-refractivity contribution < 1.29 is 0 Å². The number of benzene rings is 8. The van der Waals surface area contributed by atoms with E-state index in [-0.39, 0.29) is 0 Å². The van der Waals surface area contributed by atoms with Crippen molar-refractivity contribution in [3.63, 3.8) is 0 Å². The second kappa shape index (κ2) is 7.41. The highest BCUT2D eigenvalue weighted by molar-refractivity contribution is 6.40. The Morgan fingerprint density at radius 2 is 0.722 bits per heavy atom. The summed E-state index contributed by atoms with van der Waals surface area (Å²) in [7, 11) is 0. The lowest BCUT2D eigenvalue weighted by Gasteiger charge is -2.20. The van der Waals surface area contributed by atoms with Gasteiger partial charge in [0, 0.05) is 0 Å². The van der Waals surface area contributed by atoms with Crippen LogP contribution in [0.15, 0.2) is 133 Å². The van der Waals surface area contributed by atoms with E-state index in [1.165, 1.54) is 76.1 Å². The zero-order valence-corrected chi connectivity index (χ0v) is 19.7. The molecule has 0 spiro atoms. The van der Waals surface area contributed by atoms with Crippen molar-refractivity contribution >= 4 is 53.9 Å². The molecule has 0 aliphatic carbocycles. The Hall–Kier alpha value is -4.68. The van der Waals surface area contributed by atoms with E-state index in [1.54, 1.807) is 0 Å². The first-order chi connectivity index (χ1) is 17.9. The van der Waals surface area contributed by atoms with E-state index in [0.29, 0.717) is 0 Å². The summed E-state index contributed by atoms with van der Waals surface area (Å²) in [4.78, 5) is 0. The molecule has 0 aliphatic rings. The average Bonchev–Trinajstić information content (AvgIpc) is 2.95. The summed E-state index contributed by atoms with van der Waals surface area (Å²) in [5, 5.41) is 13.4. The van der Waals surface area contributed by atoms with Gasteiger partial charge < -0.3 is 0 Å². The minimum absolute atomic E-state index is 1.24. The largest absolute Gasteiger partial charge is 0.0622 e. The first-order valence-electron chi connectivity index (χ1n) is 12.5. The molecule has 0 radical (unpaired) electrons. The van der Waals surface area contributed by atoms with E-state index >= 15 is 0 Å². The van der Waals surface area contributed by atoms with Crippen LogP contribution in [0.3, 0.4) is 0 Å². The van der Waals surface area contributed by atoms with Crippen molar-refractivity contribution in [3.05, 3.63) is 133 Å². The molecule has 0 aromatic heterocycles. The van der Waals surface area contributed by atoms with Gasteiger partial charge in [0.1, 0.15) is 0 Å². The average molecular weight is 455 g/mol. The van der Waals surface area contributed by atoms with Crippen molar-refractivity contribution in [2.24, 2.45) is 0 Å². The SMILES string of the molecule is c1ccc(-c2ccc(-c3c4ccccc4c4c5cccc6cccc(c7cccc3c74)c65)cc2)cc1. The van der Waals surface area contributed by atoms with Crippen LogP contribution in [0.1, 0.15) is 0 Å². The summed E-state index contributed by atoms with van der Waals surface area (Å²) in [5.74, 6) is 0. The van der Waals surface area contributed by atoms with Gasteiger partial charge in [0.05, 0.1) is 0 Å². The van der Waals surface area contributed by atoms with E-state index < -0.39 is 0 Å². The van der Waals surface area contributed by atoms with Crippen molar-refractivity contribution in [2.75, 3.05) is 0 Å². The van der Waals surface area contributed by atoms with E-state index in [0.717, 1.165) is 0 Å². The van der Waals surface area contributed by atoms with Crippen LogP contribution in [-0.2, 0) is 0 Å². The second-order valence-electron chi connectivity index (χ2n) is 9.68. The van der Waals surface area contributed by atoms with Crippen LogP contribution in [0.5, 0.6) is 0 Å². The molecular formula is C36H22. The number of fused-ring (bicyclic) bond motifs is 4. The lowest BCUT2D eigenvalue weighted by atomic mass is 9.83. The van der Waals surface area contributed by atoms with Crippen LogP contribution in [0.25, 0.3) is 76.1 Å². The Morgan fingerprint density at radius 1 is 0.250 bits per heavy atom. The van der Waals surface area contributed by atoms with Gasteiger partial charge in [-0.1, -0.05) is 133 Å². The highest BCUT2D eigenvalue weighted by Gasteiger charge is 2.19. The molecule has 0 heterocycles. The first-order valence-corrected chi connectivity index (χ1v) is 12.5. The minimum Gasteiger partial charge on any atom is -0.0622 e. The molecule has 0 nitrogen and oxygen atoms in total. The zero-order valence-electron chi connectivity index (χ0n) is 19.7. The Bertz CT molecular complexity index is 2060. The van der Waals surface area contributed by atoms with Gasteiger partial charge in [0.15, 0.2) is 0 Å². The number of hydrogen-bond donors (Lipinski definition) is 0. The van der Waals surface area contributed by atoms with Gasteiger partial charge in [0.2, 0.25) is 0 Å². The van der Waals surface area contributed by atoms with Gasteiger partial charge in [0.25, 0.3) is 0 Å². The fourth-order valence-corrected chi connectivity index (χ4v) is 6.28. The third-order valence-corrected chi connectivity index (χ3v) is 7.79. The van der Waals surface area contributed by atoms with Crippen molar-refractivity contribution in [3.8, 4) is 22.3 Å². The predicted octanol–water partition coefficient (Wildman–Crippen LogP) is 10.2. The van der Waals surface area contributed by atoms with Gasteiger partial charge in [-0.3, -0.25) is 0 Å². The summed E-state index contributed by atoms with van der Waals surface area (Å²) in [6.45, 7) is 0. The normalized spacial score (nSPS) is 11.9. The second-order valence-corrected chi connectivity index (χ2v) is 9.68. The van der Waals surface area contributed by atoms with E-state index in [4.69, 9.17) is 0 Å². The molecule has 0 saturated carbocycles. The zero-order chi connectivity index (χ0) is 23.6. The molecule has 8 aromatic carbocycles. The molecule has 8 rings (SSSR count). The highest BCUT2D eigenvalue weighted by Crippen LogP contribution is 2.47. The molecule has 0 bridgehead atoms. The maximum absolute atomic E-state index is 2.31. The third-order valence-electron chi connectivity index (χ3n) is 7.79. The fourth-order valence-electron chi connectivity index (χ4n) is 6.28. The van der Waals surface area contributed by atoms with Crippen LogP contribution in [0.4, 0.5) is 0 Å². The van der Waals surface area contributed by atoms with Crippen molar-refractivity contribution in [1.82, 2.24) is 0 Å². The maximum Gasteiger partial charge on any atom is -0.00137 e. The molecule has 0 atom stereocenters. The summed E-state index contributed by atoms with van der Waals surface area (Å²) in [6, 6.07) is 48.9. The van der Waals surface area contributed by atoms with Gasteiger partial charge >= 0.3 is 0 Å². The minimum atomic E-state index is 1.24. The molecule has 0 N–H and O–H groups in total. The maximum atomic E-state index is 2.31. The Morgan fingerprint density at radius 3 is 1.50 bits per heavy atom. The molecule has 36 heavy (non-hydrogen) atoms. The topological polar surface area (TPSA) is 0 Å². The van der Waals surface area contributed by atoms with Crippen molar-refractivity contribution in [1.29, 1.82) is 0 Å². The molecular weight excluding hydrogens is 432 g/mol. The van der Waals surface area contributed by atoms with E-state index in [2.05, 4.69) is 133 Å². The lowest BCUT2D eigenvalue weighted by molar-refractivity contribution is 1.61. The summed E-state index contributed by atoms with van der Waals surface area (Å²) >= 11 is 0. The Kier molecular flexibility index (Phi) is 4.03. The summed E-state index contributed by atoms with van der Waals surface area (Å²) < 4.78 is 0. The van der Waals surface area contributed by atoms with Crippen LogP contribution in [0, 0.1) is 0 Å². The molecule has 166 valence electrons. The molecule has 0 amide bonds. The molecule has 0 unspecified atom stereocenters. The smallest absolute Gasteiger partial charge is 0.00137 e. The molecule has 0 aliphatic heterocycles. The monoisotopic (exact) mass is 454 g/mol. The number of hydrogen-bond acceptors (Lipinski definition) is 0. The lowest BCUT2D eigenvalue weighted by Crippen LogP contribution is -1.92. The fraction of sp³-hybridized carbons (Fsp3) is 0. The van der Waals surface area contributed by atoms with Gasteiger partial charge in [-0.05, 0) is 76.1 Å². The molecule has 8 aromatic rings. The van der Waals surface area contributed by atoms with Gasteiger partial charge in [-0.25, -0.2) is 0 Å². The molecule has 0 fully saturated rings. The van der Waals surface area contributed by atoms with E-state index in [9.17, 15) is 0 Å². The molecule has 0 heteroatoms. The molecule has 0 saturated heterocycles. The van der Waals surface area contributed by atoms with Gasteiger partial charge in [-0.2, -0.15) is 0 Å². The quantitative estimate of drug-likeness (QED) is 0.180. The summed E-state index contributed by atoms with van der Waals surface area (Å²) in [6.07, 6.45) is 0. The van der Waals surface area contributed by atoms with Crippen LogP contribution < -0.4 is 0 Å². The standard InChI is InChI=1S/C36H22/c1-2-9-23(10-3-1)24-19-21-26(22-20-24)34-27-13-4-5-14-29(27)35-31-17-7-12-25-11-6-15-28(33(25)31)30-16-8-18-32(34)36(30)35/h1-22H.